The molecule has 27 heavy (non-hydrogen) atoms. The number of nitrogens with one attached hydrogen (secondary N) is 1. The first-order valence-electron chi connectivity index (χ1n) is 9.34. The normalized spacial score (nSPS) is 11.8. The lowest BCUT2D eigenvalue weighted by Gasteiger charge is -2.22. The van der Waals surface area contributed by atoms with Gasteiger partial charge in [0.05, 0.1) is 5.01 Å². The van der Waals surface area contributed by atoms with E-state index in [2.05, 4.69) is 39.4 Å². The van der Waals surface area contributed by atoms with Crippen molar-refractivity contribution in [1.82, 2.24) is 30.0 Å². The van der Waals surface area contributed by atoms with Crippen molar-refractivity contribution >= 4 is 17.3 Å². The predicted octanol–water partition coefficient (Wildman–Crippen LogP) is 1.94. The number of ether oxygens (including phenoxy) is 1. The molecule has 2 aromatic heterocycles. The van der Waals surface area contributed by atoms with Gasteiger partial charge in [0.2, 0.25) is 0 Å². The molecule has 0 unspecified atom stereocenters. The molecule has 0 bridgehead atoms. The third-order valence-electron chi connectivity index (χ3n) is 4.20. The number of guanidine groups is 1. The van der Waals surface area contributed by atoms with Crippen LogP contribution >= 0.6 is 11.3 Å². The van der Waals surface area contributed by atoms with Crippen LogP contribution in [0.15, 0.2) is 11.2 Å². The molecule has 0 aliphatic heterocycles. The molecule has 9 heteroatoms. The molecule has 0 atom stereocenters. The summed E-state index contributed by atoms with van der Waals surface area (Å²) in [5.41, 5.74) is 0. The summed E-state index contributed by atoms with van der Waals surface area (Å²) in [5.74, 6) is 2.60. The van der Waals surface area contributed by atoms with E-state index in [-0.39, 0.29) is 0 Å². The molecule has 0 saturated carbocycles. The van der Waals surface area contributed by atoms with Gasteiger partial charge in [-0.2, -0.15) is 0 Å². The summed E-state index contributed by atoms with van der Waals surface area (Å²) in [6, 6.07) is 0. The third-order valence-corrected chi connectivity index (χ3v) is 5.17. The van der Waals surface area contributed by atoms with Gasteiger partial charge in [-0.25, -0.2) is 9.98 Å². The highest BCUT2D eigenvalue weighted by molar-refractivity contribution is 7.11. The maximum absolute atomic E-state index is 5.41. The maximum atomic E-state index is 5.41. The molecule has 1 N–H and O–H groups in total. The van der Waals surface area contributed by atoms with E-state index in [1.807, 2.05) is 31.7 Å². The van der Waals surface area contributed by atoms with Crippen molar-refractivity contribution in [2.24, 2.45) is 12.0 Å². The highest BCUT2D eigenvalue weighted by Crippen LogP contribution is 2.12. The average molecular weight is 394 g/mol. The minimum absolute atomic E-state index is 0.492. The Hall–Kier alpha value is -2.00. The molecule has 0 fully saturated rings. The summed E-state index contributed by atoms with van der Waals surface area (Å²) < 4.78 is 7.38. The van der Waals surface area contributed by atoms with Crippen LogP contribution in [-0.2, 0) is 24.8 Å². The molecular weight excluding hydrogens is 362 g/mol. The summed E-state index contributed by atoms with van der Waals surface area (Å²) in [5, 5.41) is 12.9. The van der Waals surface area contributed by atoms with E-state index in [4.69, 9.17) is 9.73 Å². The van der Waals surface area contributed by atoms with E-state index in [9.17, 15) is 0 Å². The Balaban J connectivity index is 1.96. The van der Waals surface area contributed by atoms with Gasteiger partial charge in [-0.05, 0) is 27.2 Å². The second-order valence-corrected chi connectivity index (χ2v) is 7.70. The summed E-state index contributed by atoms with van der Waals surface area (Å²) in [6.45, 7) is 9.69. The molecule has 0 spiro atoms. The molecule has 8 nitrogen and oxygen atoms in total. The van der Waals surface area contributed by atoms with Gasteiger partial charge in [0.25, 0.3) is 0 Å². The quantitative estimate of drug-likeness (QED) is 0.377. The molecule has 2 heterocycles. The Bertz CT molecular complexity index is 725. The van der Waals surface area contributed by atoms with Crippen LogP contribution in [0.25, 0.3) is 0 Å². The van der Waals surface area contributed by atoms with E-state index in [1.165, 1.54) is 4.88 Å². The average Bonchev–Trinajstić information content (AvgIpc) is 3.21. The summed E-state index contributed by atoms with van der Waals surface area (Å²) in [6.07, 6.45) is 3.77. The van der Waals surface area contributed by atoms with Crippen LogP contribution in [0.5, 0.6) is 0 Å². The first kappa shape index (κ1) is 21.3. The fourth-order valence-electron chi connectivity index (χ4n) is 2.45. The van der Waals surface area contributed by atoms with Gasteiger partial charge in [-0.15, -0.1) is 21.5 Å². The topological polar surface area (TPSA) is 80.5 Å². The van der Waals surface area contributed by atoms with E-state index < -0.39 is 0 Å². The molecular formula is C18H31N7OS. The van der Waals surface area contributed by atoms with Gasteiger partial charge >= 0.3 is 0 Å². The van der Waals surface area contributed by atoms with Gasteiger partial charge in [0, 0.05) is 57.9 Å². The van der Waals surface area contributed by atoms with Crippen LogP contribution in [-0.4, -0.2) is 64.0 Å². The fourth-order valence-corrected chi connectivity index (χ4v) is 3.23. The van der Waals surface area contributed by atoms with E-state index in [0.717, 1.165) is 61.8 Å². The van der Waals surface area contributed by atoms with Gasteiger partial charge in [0.15, 0.2) is 11.8 Å². The van der Waals surface area contributed by atoms with Crippen LogP contribution < -0.4 is 5.32 Å². The summed E-state index contributed by atoms with van der Waals surface area (Å²) in [7, 11) is 4.01. The van der Waals surface area contributed by atoms with Gasteiger partial charge < -0.3 is 19.5 Å². The lowest BCUT2D eigenvalue weighted by Crippen LogP contribution is -2.40. The highest BCUT2D eigenvalue weighted by atomic mass is 32.1. The number of aromatic nitrogens is 4. The van der Waals surface area contributed by atoms with Gasteiger partial charge in [0.1, 0.15) is 12.4 Å². The first-order chi connectivity index (χ1) is 13.0. The van der Waals surface area contributed by atoms with Crippen molar-refractivity contribution in [2.75, 3.05) is 33.4 Å². The number of rotatable bonds is 10. The second-order valence-electron chi connectivity index (χ2n) is 6.38. The molecule has 0 aliphatic carbocycles. The number of hydrogen-bond acceptors (Lipinski definition) is 6. The molecule has 0 amide bonds. The zero-order valence-electron chi connectivity index (χ0n) is 17.0. The summed E-state index contributed by atoms with van der Waals surface area (Å²) >= 11 is 1.75. The number of aryl methyl sites for hydroxylation is 2. The Morgan fingerprint density at radius 3 is 2.81 bits per heavy atom. The monoisotopic (exact) mass is 393 g/mol. The minimum atomic E-state index is 0.492. The molecule has 0 saturated heterocycles. The zero-order valence-corrected chi connectivity index (χ0v) is 17.8. The van der Waals surface area contributed by atoms with Crippen LogP contribution in [0.2, 0.25) is 0 Å². The highest BCUT2D eigenvalue weighted by Gasteiger charge is 2.10. The lowest BCUT2D eigenvalue weighted by molar-refractivity contribution is 0.145. The molecule has 150 valence electrons. The number of aliphatic imine (C=N–C) groups is 1. The number of thiazole rings is 1. The molecule has 0 aliphatic rings. The van der Waals surface area contributed by atoms with Gasteiger partial charge in [-0.3, -0.25) is 0 Å². The Kier molecular flexibility index (Phi) is 8.66. The second kappa shape index (κ2) is 11.0. The van der Waals surface area contributed by atoms with E-state index >= 15 is 0 Å². The van der Waals surface area contributed by atoms with Crippen molar-refractivity contribution in [1.29, 1.82) is 0 Å². The SMILES string of the molecule is CCOCCCNC(=NCc1nnc(C)n1C)N(C)CCc1ncc(C)s1. The molecule has 2 aromatic rings. The molecule has 0 radical (unpaired) electrons. The number of likely N-dealkylation sites (N-methyl/N-ethyl adjacent to an activating group) is 1. The fraction of sp³-hybridized carbons (Fsp3) is 0.667. The third kappa shape index (κ3) is 6.91. The standard InChI is InChI=1S/C18H31N7OS/c1-6-26-11-7-9-19-18(21-13-16-23-22-15(3)25(16)5)24(4)10-8-17-20-12-14(2)27-17/h12H,6-11,13H2,1-5H3,(H,19,21). The Morgan fingerprint density at radius 2 is 2.19 bits per heavy atom. The van der Waals surface area contributed by atoms with Gasteiger partial charge in [-0.1, -0.05) is 0 Å². The maximum Gasteiger partial charge on any atom is 0.194 e. The Morgan fingerprint density at radius 1 is 1.37 bits per heavy atom. The lowest BCUT2D eigenvalue weighted by atomic mass is 10.4. The molecule has 0 aromatic carbocycles. The zero-order chi connectivity index (χ0) is 19.6. The van der Waals surface area contributed by atoms with Crippen LogP contribution in [0.1, 0.15) is 34.9 Å². The summed E-state index contributed by atoms with van der Waals surface area (Å²) in [4.78, 5) is 12.6. The smallest absolute Gasteiger partial charge is 0.194 e. The van der Waals surface area contributed by atoms with Crippen LogP contribution in [0.4, 0.5) is 0 Å². The van der Waals surface area contributed by atoms with Crippen molar-refractivity contribution in [3.05, 3.63) is 27.7 Å². The molecule has 2 rings (SSSR count). The van der Waals surface area contributed by atoms with Crippen molar-refractivity contribution in [2.45, 2.75) is 40.2 Å². The van der Waals surface area contributed by atoms with E-state index in [1.54, 1.807) is 11.3 Å². The van der Waals surface area contributed by atoms with Crippen LogP contribution in [0, 0.1) is 13.8 Å². The van der Waals surface area contributed by atoms with Crippen molar-refractivity contribution < 1.29 is 4.74 Å². The first-order valence-corrected chi connectivity index (χ1v) is 10.2. The Labute approximate surface area is 165 Å². The van der Waals surface area contributed by atoms with E-state index in [0.29, 0.717) is 6.54 Å². The number of hydrogen-bond donors (Lipinski definition) is 1. The van der Waals surface area contributed by atoms with Crippen LogP contribution in [0.3, 0.4) is 0 Å². The minimum Gasteiger partial charge on any atom is -0.382 e. The number of nitrogens with zero attached hydrogens (tertiary/aromatic N) is 6. The largest absolute Gasteiger partial charge is 0.382 e. The van der Waals surface area contributed by atoms with Crippen molar-refractivity contribution in [3.8, 4) is 0 Å². The van der Waals surface area contributed by atoms with Crippen molar-refractivity contribution in [3.63, 3.8) is 0 Å². The predicted molar refractivity (Wildman–Crippen MR) is 109 cm³/mol.